The summed E-state index contributed by atoms with van der Waals surface area (Å²) in [4.78, 5) is 8.30. The normalized spacial score (nSPS) is 9.90. The summed E-state index contributed by atoms with van der Waals surface area (Å²) in [5.41, 5.74) is 1.18. The first kappa shape index (κ1) is 14.6. The zero-order valence-corrected chi connectivity index (χ0v) is 13.0. The monoisotopic (exact) mass is 351 g/mol. The summed E-state index contributed by atoms with van der Waals surface area (Å²) in [6.45, 7) is 2.74. The Morgan fingerprint density at radius 3 is 2.75 bits per heavy atom. The molecule has 0 aliphatic rings. The van der Waals surface area contributed by atoms with Crippen LogP contribution in [0.15, 0.2) is 29.0 Å². The Labute approximate surface area is 130 Å². The van der Waals surface area contributed by atoms with Crippen LogP contribution in [0.25, 0.3) is 0 Å². The van der Waals surface area contributed by atoms with Crippen molar-refractivity contribution in [2.24, 2.45) is 0 Å². The third kappa shape index (κ3) is 3.18. The van der Waals surface area contributed by atoms with Crippen molar-refractivity contribution >= 4 is 44.9 Å². The van der Waals surface area contributed by atoms with E-state index in [1.165, 1.54) is 6.33 Å². The number of benzene rings is 1. The molecule has 0 aliphatic heterocycles. The largest absolute Gasteiger partial charge is 0.369 e. The number of aromatic nitrogens is 2. The van der Waals surface area contributed by atoms with Crippen LogP contribution in [0.5, 0.6) is 0 Å². The lowest BCUT2D eigenvalue weighted by molar-refractivity contribution is 1.10. The number of nitrogens with one attached hydrogen (secondary N) is 2. The molecule has 1 aromatic heterocycles. The van der Waals surface area contributed by atoms with E-state index in [1.54, 1.807) is 18.2 Å². The second kappa shape index (κ2) is 6.55. The van der Waals surface area contributed by atoms with Crippen molar-refractivity contribution in [3.8, 4) is 6.07 Å². The number of hydrogen-bond acceptors (Lipinski definition) is 5. The molecule has 7 heteroatoms. The van der Waals surface area contributed by atoms with Gasteiger partial charge in [0.1, 0.15) is 22.4 Å². The second-order valence-electron chi connectivity index (χ2n) is 3.85. The van der Waals surface area contributed by atoms with Crippen LogP contribution in [0.4, 0.5) is 17.3 Å². The van der Waals surface area contributed by atoms with Gasteiger partial charge in [0.15, 0.2) is 0 Å². The maximum absolute atomic E-state index is 8.82. The summed E-state index contributed by atoms with van der Waals surface area (Å²) in [5, 5.41) is 15.5. The number of hydrogen-bond donors (Lipinski definition) is 2. The minimum absolute atomic E-state index is 0.458. The number of nitriles is 1. The fourth-order valence-electron chi connectivity index (χ4n) is 1.56. The summed E-state index contributed by atoms with van der Waals surface area (Å²) in [6.07, 6.45) is 1.46. The van der Waals surface area contributed by atoms with Gasteiger partial charge in [-0.3, -0.25) is 0 Å². The molecule has 2 N–H and O–H groups in total. The average Bonchev–Trinajstić information content (AvgIpc) is 2.45. The summed E-state index contributed by atoms with van der Waals surface area (Å²) < 4.78 is 0.724. The highest BCUT2D eigenvalue weighted by Gasteiger charge is 2.10. The Morgan fingerprint density at radius 2 is 2.10 bits per heavy atom. The van der Waals surface area contributed by atoms with E-state index in [9.17, 15) is 0 Å². The topological polar surface area (TPSA) is 73.6 Å². The van der Waals surface area contributed by atoms with E-state index in [-0.39, 0.29) is 0 Å². The molecule has 0 saturated carbocycles. The van der Waals surface area contributed by atoms with Crippen molar-refractivity contribution in [2.75, 3.05) is 17.2 Å². The highest BCUT2D eigenvalue weighted by molar-refractivity contribution is 9.10. The van der Waals surface area contributed by atoms with Gasteiger partial charge in [0.05, 0.1) is 22.3 Å². The Kier molecular flexibility index (Phi) is 4.77. The van der Waals surface area contributed by atoms with Crippen molar-refractivity contribution in [3.05, 3.63) is 39.6 Å². The third-order valence-electron chi connectivity index (χ3n) is 2.48. The van der Waals surface area contributed by atoms with Crippen LogP contribution in [0.2, 0.25) is 5.02 Å². The maximum atomic E-state index is 8.82. The molecule has 2 aromatic rings. The Hall–Kier alpha value is -1.84. The van der Waals surface area contributed by atoms with Crippen molar-refractivity contribution in [1.82, 2.24) is 9.97 Å². The lowest BCUT2D eigenvalue weighted by Crippen LogP contribution is -2.04. The molecule has 0 amide bonds. The Balaban J connectivity index is 2.31. The summed E-state index contributed by atoms with van der Waals surface area (Å²) in [6, 6.07) is 7.07. The Bertz CT molecular complexity index is 668. The van der Waals surface area contributed by atoms with Gasteiger partial charge in [-0.2, -0.15) is 5.26 Å². The molecule has 0 unspecified atom stereocenters. The lowest BCUT2D eigenvalue weighted by Gasteiger charge is -2.11. The van der Waals surface area contributed by atoms with Gasteiger partial charge in [0, 0.05) is 6.54 Å². The number of nitrogens with zero attached hydrogens (tertiary/aromatic N) is 3. The van der Waals surface area contributed by atoms with Crippen LogP contribution in [-0.2, 0) is 0 Å². The van der Waals surface area contributed by atoms with Gasteiger partial charge in [-0.05, 0) is 41.1 Å². The van der Waals surface area contributed by atoms with Gasteiger partial charge in [-0.15, -0.1) is 0 Å². The van der Waals surface area contributed by atoms with Crippen molar-refractivity contribution in [2.45, 2.75) is 6.92 Å². The molecule has 0 radical (unpaired) electrons. The SMILES string of the molecule is CCNc1ncnc(Nc2ccc(C#N)cc2Cl)c1Br. The molecule has 102 valence electrons. The minimum Gasteiger partial charge on any atom is -0.369 e. The molecule has 1 aromatic carbocycles. The first-order valence-corrected chi connectivity index (χ1v) is 7.03. The molecule has 0 spiro atoms. The van der Waals surface area contributed by atoms with E-state index in [2.05, 4.69) is 36.5 Å². The van der Waals surface area contributed by atoms with E-state index in [4.69, 9.17) is 16.9 Å². The molecule has 5 nitrogen and oxygen atoms in total. The van der Waals surface area contributed by atoms with Crippen LogP contribution in [0.3, 0.4) is 0 Å². The van der Waals surface area contributed by atoms with E-state index < -0.39 is 0 Å². The number of halogens is 2. The van der Waals surface area contributed by atoms with Crippen LogP contribution in [-0.4, -0.2) is 16.5 Å². The van der Waals surface area contributed by atoms with Crippen LogP contribution in [0, 0.1) is 11.3 Å². The molecule has 0 aliphatic carbocycles. The molecule has 0 fully saturated rings. The molecule has 0 bridgehead atoms. The summed E-state index contributed by atoms with van der Waals surface area (Å²) in [7, 11) is 0. The molecule has 0 saturated heterocycles. The zero-order chi connectivity index (χ0) is 14.5. The van der Waals surface area contributed by atoms with Crippen LogP contribution < -0.4 is 10.6 Å². The van der Waals surface area contributed by atoms with E-state index in [0.717, 1.165) is 11.0 Å². The van der Waals surface area contributed by atoms with Gasteiger partial charge >= 0.3 is 0 Å². The highest BCUT2D eigenvalue weighted by Crippen LogP contribution is 2.31. The first-order chi connectivity index (χ1) is 9.65. The summed E-state index contributed by atoms with van der Waals surface area (Å²) >= 11 is 9.57. The van der Waals surface area contributed by atoms with Gasteiger partial charge in [-0.25, -0.2) is 9.97 Å². The quantitative estimate of drug-likeness (QED) is 0.872. The fraction of sp³-hybridized carbons (Fsp3) is 0.154. The average molecular weight is 353 g/mol. The smallest absolute Gasteiger partial charge is 0.150 e. The lowest BCUT2D eigenvalue weighted by atomic mass is 10.2. The van der Waals surface area contributed by atoms with E-state index >= 15 is 0 Å². The van der Waals surface area contributed by atoms with E-state index in [0.29, 0.717) is 27.9 Å². The second-order valence-corrected chi connectivity index (χ2v) is 5.05. The molecule has 1 heterocycles. The van der Waals surface area contributed by atoms with Gasteiger partial charge in [0.2, 0.25) is 0 Å². The van der Waals surface area contributed by atoms with Gasteiger partial charge in [0.25, 0.3) is 0 Å². The van der Waals surface area contributed by atoms with E-state index in [1.807, 2.05) is 13.0 Å². The molecular formula is C13H11BrClN5. The van der Waals surface area contributed by atoms with Crippen molar-refractivity contribution < 1.29 is 0 Å². The maximum Gasteiger partial charge on any atom is 0.150 e. The van der Waals surface area contributed by atoms with Crippen LogP contribution >= 0.6 is 27.5 Å². The highest BCUT2D eigenvalue weighted by atomic mass is 79.9. The Morgan fingerprint density at radius 1 is 1.35 bits per heavy atom. The standard InChI is InChI=1S/C13H11BrClN5/c1-2-17-12-11(14)13(19-7-18-12)20-10-4-3-8(6-16)5-9(10)15/h3-5,7H,2H2,1H3,(H2,17,18,19,20). The predicted molar refractivity (Wildman–Crippen MR) is 83.3 cm³/mol. The number of rotatable bonds is 4. The van der Waals surface area contributed by atoms with Crippen molar-refractivity contribution in [1.29, 1.82) is 5.26 Å². The number of anilines is 3. The molecule has 20 heavy (non-hydrogen) atoms. The van der Waals surface area contributed by atoms with Gasteiger partial charge < -0.3 is 10.6 Å². The fourth-order valence-corrected chi connectivity index (χ4v) is 2.23. The molecule has 0 atom stereocenters. The zero-order valence-electron chi connectivity index (χ0n) is 10.6. The first-order valence-electron chi connectivity index (χ1n) is 5.86. The minimum atomic E-state index is 0.458. The van der Waals surface area contributed by atoms with Gasteiger partial charge in [-0.1, -0.05) is 11.6 Å². The third-order valence-corrected chi connectivity index (χ3v) is 3.55. The van der Waals surface area contributed by atoms with Crippen LogP contribution in [0.1, 0.15) is 12.5 Å². The molecular weight excluding hydrogens is 342 g/mol. The predicted octanol–water partition coefficient (Wildman–Crippen LogP) is 3.94. The summed E-state index contributed by atoms with van der Waals surface area (Å²) in [5.74, 6) is 1.30. The molecule has 2 rings (SSSR count). The van der Waals surface area contributed by atoms with Crippen molar-refractivity contribution in [3.63, 3.8) is 0 Å².